The molecular weight excluding hydrogens is 332 g/mol. The van der Waals surface area contributed by atoms with E-state index in [9.17, 15) is 14.4 Å². The van der Waals surface area contributed by atoms with Gasteiger partial charge in [-0.15, -0.1) is 0 Å². The zero-order valence-corrected chi connectivity index (χ0v) is 15.6. The van der Waals surface area contributed by atoms with Gasteiger partial charge in [0, 0.05) is 26.6 Å². The van der Waals surface area contributed by atoms with Crippen molar-refractivity contribution in [3.8, 4) is 0 Å². The number of carbonyl (C=O) groups excluding carboxylic acids is 3. The summed E-state index contributed by atoms with van der Waals surface area (Å²) in [4.78, 5) is 37.0. The highest BCUT2D eigenvalue weighted by atomic mass is 16.5. The van der Waals surface area contributed by atoms with Crippen molar-refractivity contribution in [2.24, 2.45) is 5.92 Å². The third kappa shape index (κ3) is 8.46. The molecule has 0 bridgehead atoms. The Morgan fingerprint density at radius 1 is 1.19 bits per heavy atom. The van der Waals surface area contributed by atoms with Gasteiger partial charge in [-0.1, -0.05) is 43.3 Å². The summed E-state index contributed by atoms with van der Waals surface area (Å²) in [5.41, 5.74) is 0.911. The summed E-state index contributed by atoms with van der Waals surface area (Å²) in [6.45, 7) is 4.11. The van der Waals surface area contributed by atoms with E-state index in [4.69, 9.17) is 4.74 Å². The fourth-order valence-electron chi connectivity index (χ4n) is 2.48. The van der Waals surface area contributed by atoms with Crippen LogP contribution >= 0.6 is 0 Å². The Morgan fingerprint density at radius 3 is 2.50 bits per heavy atom. The van der Waals surface area contributed by atoms with Crippen LogP contribution in [0, 0.1) is 5.92 Å². The SMILES string of the molecule is C=CC(=O)NCCCC[C@H](CC(=O)OCc1ccccc1)C(=O)N(C)C. The van der Waals surface area contributed by atoms with Crippen molar-refractivity contribution in [1.82, 2.24) is 10.2 Å². The molecule has 6 heteroatoms. The van der Waals surface area contributed by atoms with Crippen molar-refractivity contribution in [3.63, 3.8) is 0 Å². The Labute approximate surface area is 155 Å². The minimum absolute atomic E-state index is 0.0584. The minimum atomic E-state index is -0.414. The van der Waals surface area contributed by atoms with Crippen molar-refractivity contribution < 1.29 is 19.1 Å². The number of carbonyl (C=O) groups is 3. The predicted octanol–water partition coefficient (Wildman–Crippen LogP) is 2.30. The highest BCUT2D eigenvalue weighted by Gasteiger charge is 2.23. The summed E-state index contributed by atoms with van der Waals surface area (Å²) in [5, 5.41) is 2.69. The second-order valence-corrected chi connectivity index (χ2v) is 6.27. The van der Waals surface area contributed by atoms with Crippen LogP contribution < -0.4 is 5.32 Å². The maximum Gasteiger partial charge on any atom is 0.306 e. The summed E-state index contributed by atoms with van der Waals surface area (Å²) in [6.07, 6.45) is 3.31. The first-order valence-electron chi connectivity index (χ1n) is 8.75. The molecule has 0 aliphatic heterocycles. The molecule has 1 aromatic carbocycles. The molecule has 0 fully saturated rings. The van der Waals surface area contributed by atoms with Crippen LogP contribution in [-0.4, -0.2) is 43.3 Å². The number of hydrogen-bond acceptors (Lipinski definition) is 4. The second-order valence-electron chi connectivity index (χ2n) is 6.27. The van der Waals surface area contributed by atoms with Gasteiger partial charge in [-0.05, 0) is 24.5 Å². The van der Waals surface area contributed by atoms with E-state index in [0.29, 0.717) is 13.0 Å². The largest absolute Gasteiger partial charge is 0.461 e. The summed E-state index contributed by atoms with van der Waals surface area (Å²) < 4.78 is 5.28. The molecule has 0 unspecified atom stereocenters. The first kappa shape index (κ1) is 21.4. The third-order valence-electron chi connectivity index (χ3n) is 3.91. The first-order chi connectivity index (χ1) is 12.4. The van der Waals surface area contributed by atoms with Gasteiger partial charge in [-0.3, -0.25) is 14.4 Å². The number of nitrogens with one attached hydrogen (secondary N) is 1. The zero-order valence-electron chi connectivity index (χ0n) is 15.6. The molecule has 0 saturated heterocycles. The van der Waals surface area contributed by atoms with Crippen LogP contribution in [0.1, 0.15) is 31.2 Å². The van der Waals surface area contributed by atoms with Crippen molar-refractivity contribution in [2.45, 2.75) is 32.3 Å². The molecule has 142 valence electrons. The fraction of sp³-hybridized carbons (Fsp3) is 0.450. The molecular formula is C20H28N2O4. The fourth-order valence-corrected chi connectivity index (χ4v) is 2.48. The average Bonchev–Trinajstić information content (AvgIpc) is 2.65. The van der Waals surface area contributed by atoms with E-state index < -0.39 is 5.92 Å². The van der Waals surface area contributed by atoms with Crippen molar-refractivity contribution in [2.75, 3.05) is 20.6 Å². The highest BCUT2D eigenvalue weighted by Crippen LogP contribution is 2.17. The molecule has 26 heavy (non-hydrogen) atoms. The Balaban J connectivity index is 2.44. The van der Waals surface area contributed by atoms with Crippen LogP contribution in [0.2, 0.25) is 0 Å². The number of benzene rings is 1. The van der Waals surface area contributed by atoms with E-state index in [2.05, 4.69) is 11.9 Å². The minimum Gasteiger partial charge on any atom is -0.461 e. The molecule has 0 saturated carbocycles. The van der Waals surface area contributed by atoms with Crippen molar-refractivity contribution in [1.29, 1.82) is 0 Å². The Bertz CT molecular complexity index is 599. The first-order valence-corrected chi connectivity index (χ1v) is 8.75. The molecule has 1 N–H and O–H groups in total. The van der Waals surface area contributed by atoms with Gasteiger partial charge >= 0.3 is 5.97 Å². The molecule has 0 aromatic heterocycles. The summed E-state index contributed by atoms with van der Waals surface area (Å²) in [5.74, 6) is -1.09. The van der Waals surface area contributed by atoms with E-state index in [1.54, 1.807) is 14.1 Å². The maximum atomic E-state index is 12.3. The predicted molar refractivity (Wildman–Crippen MR) is 100 cm³/mol. The molecule has 1 rings (SSSR count). The maximum absolute atomic E-state index is 12.3. The summed E-state index contributed by atoms with van der Waals surface area (Å²) in [6, 6.07) is 9.43. The highest BCUT2D eigenvalue weighted by molar-refractivity contribution is 5.86. The smallest absolute Gasteiger partial charge is 0.306 e. The normalized spacial score (nSPS) is 11.3. The number of ether oxygens (including phenoxy) is 1. The van der Waals surface area contributed by atoms with E-state index >= 15 is 0 Å². The number of hydrogen-bond donors (Lipinski definition) is 1. The Kier molecular flexibility index (Phi) is 9.75. The van der Waals surface area contributed by atoms with Gasteiger partial charge in [-0.25, -0.2) is 0 Å². The van der Waals surface area contributed by atoms with E-state index in [0.717, 1.165) is 18.4 Å². The van der Waals surface area contributed by atoms with Gasteiger partial charge in [0.25, 0.3) is 0 Å². The Morgan fingerprint density at radius 2 is 1.88 bits per heavy atom. The molecule has 0 aliphatic rings. The van der Waals surface area contributed by atoms with Gasteiger partial charge in [0.05, 0.1) is 6.42 Å². The molecule has 0 spiro atoms. The lowest BCUT2D eigenvalue weighted by Crippen LogP contribution is -2.31. The number of amides is 2. The van der Waals surface area contributed by atoms with E-state index in [1.165, 1.54) is 11.0 Å². The van der Waals surface area contributed by atoms with E-state index in [-0.39, 0.29) is 30.8 Å². The molecule has 0 radical (unpaired) electrons. The lowest BCUT2D eigenvalue weighted by molar-refractivity contribution is -0.149. The quantitative estimate of drug-likeness (QED) is 0.373. The van der Waals surface area contributed by atoms with Crippen molar-refractivity contribution >= 4 is 17.8 Å². The third-order valence-corrected chi connectivity index (χ3v) is 3.91. The van der Waals surface area contributed by atoms with Gasteiger partial charge in [0.2, 0.25) is 11.8 Å². The molecule has 1 aromatic rings. The van der Waals surface area contributed by atoms with Gasteiger partial charge < -0.3 is 15.0 Å². The van der Waals surface area contributed by atoms with Crippen LogP contribution in [0.15, 0.2) is 43.0 Å². The number of rotatable bonds is 11. The second kappa shape index (κ2) is 11.8. The lowest BCUT2D eigenvalue weighted by atomic mass is 9.97. The number of unbranched alkanes of at least 4 members (excludes halogenated alkanes) is 1. The zero-order chi connectivity index (χ0) is 19.4. The number of nitrogens with zero attached hydrogens (tertiary/aromatic N) is 1. The number of esters is 1. The molecule has 0 heterocycles. The van der Waals surface area contributed by atoms with Crippen LogP contribution in [0.25, 0.3) is 0 Å². The monoisotopic (exact) mass is 360 g/mol. The molecule has 1 atom stereocenters. The standard InChI is InChI=1S/C20H28N2O4/c1-4-18(23)21-13-9-8-12-17(20(25)22(2)3)14-19(24)26-15-16-10-6-5-7-11-16/h4-7,10-11,17H,1,8-9,12-15H2,2-3H3,(H,21,23)/t17-/m1/s1. The summed E-state index contributed by atoms with van der Waals surface area (Å²) in [7, 11) is 3.35. The van der Waals surface area contributed by atoms with Crippen molar-refractivity contribution in [3.05, 3.63) is 48.6 Å². The van der Waals surface area contributed by atoms with Gasteiger partial charge in [-0.2, -0.15) is 0 Å². The lowest BCUT2D eigenvalue weighted by Gasteiger charge is -2.20. The molecule has 0 aliphatic carbocycles. The average molecular weight is 360 g/mol. The van der Waals surface area contributed by atoms with E-state index in [1.807, 2.05) is 30.3 Å². The topological polar surface area (TPSA) is 75.7 Å². The van der Waals surface area contributed by atoms with Gasteiger partial charge in [0.1, 0.15) is 6.61 Å². The molecule has 2 amide bonds. The van der Waals surface area contributed by atoms with Crippen LogP contribution in [0.3, 0.4) is 0 Å². The van der Waals surface area contributed by atoms with Gasteiger partial charge in [0.15, 0.2) is 0 Å². The molecule has 6 nitrogen and oxygen atoms in total. The van der Waals surface area contributed by atoms with Crippen LogP contribution in [0.4, 0.5) is 0 Å². The Hall–Kier alpha value is -2.63. The van der Waals surface area contributed by atoms with Crippen LogP contribution in [0.5, 0.6) is 0 Å². The summed E-state index contributed by atoms with van der Waals surface area (Å²) >= 11 is 0. The van der Waals surface area contributed by atoms with Crippen LogP contribution in [-0.2, 0) is 25.7 Å².